The van der Waals surface area contributed by atoms with E-state index in [-0.39, 0.29) is 5.97 Å². The number of nitrogens with zero attached hydrogens (tertiary/aromatic N) is 2. The van der Waals surface area contributed by atoms with Gasteiger partial charge in [-0.2, -0.15) is 5.10 Å². The van der Waals surface area contributed by atoms with Crippen molar-refractivity contribution in [3.05, 3.63) is 24.0 Å². The summed E-state index contributed by atoms with van der Waals surface area (Å²) in [6.07, 6.45) is 5.09. The molecule has 76 valence electrons. The predicted molar refractivity (Wildman–Crippen MR) is 53.6 cm³/mol. The minimum atomic E-state index is -0.341. The Balaban J connectivity index is 2.83. The summed E-state index contributed by atoms with van der Waals surface area (Å²) in [6.45, 7) is 4.69. The van der Waals surface area contributed by atoms with Crippen LogP contribution in [0.25, 0.3) is 5.57 Å². The number of hydrogen-bond donors (Lipinski definition) is 0. The van der Waals surface area contributed by atoms with Crippen molar-refractivity contribution < 1.29 is 9.53 Å². The number of carbonyl (C=O) groups is 1. The Morgan fingerprint density at radius 3 is 2.93 bits per heavy atom. The molecule has 0 saturated heterocycles. The Hall–Kier alpha value is -1.58. The highest BCUT2D eigenvalue weighted by atomic mass is 16.5. The Morgan fingerprint density at radius 2 is 2.43 bits per heavy atom. The average molecular weight is 194 g/mol. The molecule has 0 amide bonds. The van der Waals surface area contributed by atoms with Crippen LogP contribution in [0.4, 0.5) is 0 Å². The molecule has 14 heavy (non-hydrogen) atoms. The molecule has 0 saturated carbocycles. The van der Waals surface area contributed by atoms with Gasteiger partial charge in [0.15, 0.2) is 0 Å². The average Bonchev–Trinajstić information content (AvgIpc) is 2.65. The van der Waals surface area contributed by atoms with Gasteiger partial charge in [0.2, 0.25) is 0 Å². The Kier molecular flexibility index (Phi) is 3.45. The van der Waals surface area contributed by atoms with Gasteiger partial charge in [0, 0.05) is 24.4 Å². The van der Waals surface area contributed by atoms with Gasteiger partial charge in [-0.15, -0.1) is 0 Å². The summed E-state index contributed by atoms with van der Waals surface area (Å²) in [5, 5.41) is 4.11. The van der Waals surface area contributed by atoms with Crippen LogP contribution in [0, 0.1) is 0 Å². The van der Waals surface area contributed by atoms with Gasteiger partial charge in [0.05, 0.1) is 13.3 Å². The Labute approximate surface area is 83.2 Å². The highest BCUT2D eigenvalue weighted by Gasteiger charge is 2.02. The summed E-state index contributed by atoms with van der Waals surface area (Å²) < 4.78 is 6.34. The standard InChI is InChI=1S/C10H14N2O2/c1-4-12-7-9(6-11-12)8(2)5-10(13)14-3/h5-7H,4H2,1-3H3/b8-5-. The van der Waals surface area contributed by atoms with Crippen LogP contribution in [-0.4, -0.2) is 22.9 Å². The topological polar surface area (TPSA) is 44.1 Å². The highest BCUT2D eigenvalue weighted by molar-refractivity contribution is 5.90. The van der Waals surface area contributed by atoms with E-state index in [1.54, 1.807) is 6.20 Å². The number of hydrogen-bond acceptors (Lipinski definition) is 3. The van der Waals surface area contributed by atoms with E-state index in [1.807, 2.05) is 24.7 Å². The summed E-state index contributed by atoms with van der Waals surface area (Å²) >= 11 is 0. The van der Waals surface area contributed by atoms with Crippen molar-refractivity contribution in [2.24, 2.45) is 0 Å². The van der Waals surface area contributed by atoms with Gasteiger partial charge in [-0.25, -0.2) is 4.79 Å². The van der Waals surface area contributed by atoms with Crippen molar-refractivity contribution in [3.8, 4) is 0 Å². The van der Waals surface area contributed by atoms with Gasteiger partial charge in [-0.3, -0.25) is 4.68 Å². The lowest BCUT2D eigenvalue weighted by molar-refractivity contribution is -0.134. The molecule has 0 bridgehead atoms. The van der Waals surface area contributed by atoms with Crippen molar-refractivity contribution in [1.29, 1.82) is 0 Å². The first kappa shape index (κ1) is 10.5. The lowest BCUT2D eigenvalue weighted by atomic mass is 10.1. The lowest BCUT2D eigenvalue weighted by Crippen LogP contribution is -1.95. The third-order valence-corrected chi connectivity index (χ3v) is 1.95. The van der Waals surface area contributed by atoms with Gasteiger partial charge >= 0.3 is 5.97 Å². The van der Waals surface area contributed by atoms with Gasteiger partial charge in [-0.1, -0.05) is 0 Å². The maximum atomic E-state index is 10.9. The van der Waals surface area contributed by atoms with E-state index in [1.165, 1.54) is 13.2 Å². The first-order valence-corrected chi connectivity index (χ1v) is 4.46. The van der Waals surface area contributed by atoms with Crippen molar-refractivity contribution in [1.82, 2.24) is 9.78 Å². The first-order valence-electron chi connectivity index (χ1n) is 4.46. The van der Waals surface area contributed by atoms with Crippen molar-refractivity contribution in [3.63, 3.8) is 0 Å². The van der Waals surface area contributed by atoms with Crippen LogP contribution < -0.4 is 0 Å². The van der Waals surface area contributed by atoms with Crippen LogP contribution in [0.3, 0.4) is 0 Å². The minimum Gasteiger partial charge on any atom is -0.466 e. The summed E-state index contributed by atoms with van der Waals surface area (Å²) in [5.74, 6) is -0.341. The van der Waals surface area contributed by atoms with Crippen LogP contribution in [0.2, 0.25) is 0 Å². The molecule has 4 heteroatoms. The maximum absolute atomic E-state index is 10.9. The molecule has 4 nitrogen and oxygen atoms in total. The van der Waals surface area contributed by atoms with Crippen LogP contribution in [0.1, 0.15) is 19.4 Å². The smallest absolute Gasteiger partial charge is 0.330 e. The zero-order valence-corrected chi connectivity index (χ0v) is 8.65. The molecule has 0 N–H and O–H groups in total. The second-order valence-electron chi connectivity index (χ2n) is 2.94. The molecular weight excluding hydrogens is 180 g/mol. The number of aromatic nitrogens is 2. The maximum Gasteiger partial charge on any atom is 0.330 e. The monoisotopic (exact) mass is 194 g/mol. The summed E-state index contributed by atoms with van der Waals surface area (Å²) in [6, 6.07) is 0. The van der Waals surface area contributed by atoms with Crippen LogP contribution in [-0.2, 0) is 16.1 Å². The minimum absolute atomic E-state index is 0.341. The molecule has 0 aliphatic heterocycles. The van der Waals surface area contributed by atoms with E-state index < -0.39 is 0 Å². The lowest BCUT2D eigenvalue weighted by Gasteiger charge is -1.96. The molecule has 1 rings (SSSR count). The molecule has 0 aliphatic carbocycles. The van der Waals surface area contributed by atoms with E-state index in [4.69, 9.17) is 0 Å². The number of ether oxygens (including phenoxy) is 1. The van der Waals surface area contributed by atoms with Crippen molar-refractivity contribution >= 4 is 11.5 Å². The largest absolute Gasteiger partial charge is 0.466 e. The molecule has 1 aromatic heterocycles. The van der Waals surface area contributed by atoms with Crippen LogP contribution in [0.15, 0.2) is 18.5 Å². The van der Waals surface area contributed by atoms with E-state index in [2.05, 4.69) is 9.84 Å². The van der Waals surface area contributed by atoms with E-state index >= 15 is 0 Å². The Morgan fingerprint density at radius 1 is 1.71 bits per heavy atom. The van der Waals surface area contributed by atoms with Crippen molar-refractivity contribution in [2.75, 3.05) is 7.11 Å². The third kappa shape index (κ3) is 2.45. The normalized spacial score (nSPS) is 11.5. The quantitative estimate of drug-likeness (QED) is 0.540. The van der Waals surface area contributed by atoms with E-state index in [0.717, 1.165) is 17.7 Å². The van der Waals surface area contributed by atoms with E-state index in [9.17, 15) is 4.79 Å². The molecule has 0 unspecified atom stereocenters. The molecule has 1 aromatic rings. The zero-order valence-electron chi connectivity index (χ0n) is 8.65. The highest BCUT2D eigenvalue weighted by Crippen LogP contribution is 2.12. The van der Waals surface area contributed by atoms with Crippen LogP contribution in [0.5, 0.6) is 0 Å². The molecule has 0 atom stereocenters. The zero-order chi connectivity index (χ0) is 10.6. The third-order valence-electron chi connectivity index (χ3n) is 1.95. The molecule has 0 spiro atoms. The summed E-state index contributed by atoms with van der Waals surface area (Å²) in [5.41, 5.74) is 1.80. The molecule has 0 fully saturated rings. The molecule has 1 heterocycles. The van der Waals surface area contributed by atoms with Crippen molar-refractivity contribution in [2.45, 2.75) is 20.4 Å². The van der Waals surface area contributed by atoms with Gasteiger partial charge in [0.25, 0.3) is 0 Å². The number of allylic oxidation sites excluding steroid dienone is 1. The number of esters is 1. The number of aryl methyl sites for hydroxylation is 1. The number of rotatable bonds is 3. The fraction of sp³-hybridized carbons (Fsp3) is 0.400. The molecule has 0 radical (unpaired) electrons. The second kappa shape index (κ2) is 4.60. The second-order valence-corrected chi connectivity index (χ2v) is 2.94. The molecule has 0 aliphatic rings. The summed E-state index contributed by atoms with van der Waals surface area (Å²) in [4.78, 5) is 10.9. The van der Waals surface area contributed by atoms with Gasteiger partial charge in [0.1, 0.15) is 0 Å². The predicted octanol–water partition coefficient (Wildman–Crippen LogP) is 1.48. The number of methoxy groups -OCH3 is 1. The fourth-order valence-corrected chi connectivity index (χ4v) is 1.06. The van der Waals surface area contributed by atoms with Gasteiger partial charge < -0.3 is 4.74 Å². The van der Waals surface area contributed by atoms with Crippen LogP contribution >= 0.6 is 0 Å². The van der Waals surface area contributed by atoms with E-state index in [0.29, 0.717) is 0 Å². The molecular formula is C10H14N2O2. The fourth-order valence-electron chi connectivity index (χ4n) is 1.06. The molecule has 0 aromatic carbocycles. The van der Waals surface area contributed by atoms with Gasteiger partial charge in [-0.05, 0) is 19.4 Å². The Bertz CT molecular complexity index is 353. The summed E-state index contributed by atoms with van der Waals surface area (Å²) in [7, 11) is 1.36. The number of carbonyl (C=O) groups excluding carboxylic acids is 1. The SMILES string of the molecule is CCn1cc(/C(C)=C\C(=O)OC)cn1. The first-order chi connectivity index (χ1) is 6.67.